The van der Waals surface area contributed by atoms with Crippen LogP contribution in [0.2, 0.25) is 0 Å². The van der Waals surface area contributed by atoms with Crippen LogP contribution in [0, 0.1) is 0 Å². The van der Waals surface area contributed by atoms with E-state index in [0.29, 0.717) is 6.54 Å². The fourth-order valence-electron chi connectivity index (χ4n) is 1.76. The molecule has 0 spiro atoms. The first-order valence-corrected chi connectivity index (χ1v) is 6.67. The summed E-state index contributed by atoms with van der Waals surface area (Å²) in [4.78, 5) is 13.4. The third kappa shape index (κ3) is 5.30. The first kappa shape index (κ1) is 15.5. The number of carbonyl (C=O) groups excluding carboxylic acids is 1. The Hall–Kier alpha value is -1.55. The first-order chi connectivity index (χ1) is 9.06. The summed E-state index contributed by atoms with van der Waals surface area (Å²) in [5.41, 5.74) is 1.23. The van der Waals surface area contributed by atoms with Gasteiger partial charge in [0.25, 0.3) is 0 Å². The lowest BCUT2D eigenvalue weighted by Gasteiger charge is -2.18. The summed E-state index contributed by atoms with van der Waals surface area (Å²) in [7, 11) is 3.48. The number of nitrogens with zero attached hydrogens (tertiary/aromatic N) is 1. The molecule has 0 aliphatic rings. The zero-order valence-corrected chi connectivity index (χ0v) is 12.3. The topological polar surface area (TPSA) is 41.6 Å². The highest BCUT2D eigenvalue weighted by molar-refractivity contribution is 5.77. The third-order valence-corrected chi connectivity index (χ3v) is 3.20. The molecule has 1 atom stereocenters. The van der Waals surface area contributed by atoms with Gasteiger partial charge < -0.3 is 15.0 Å². The van der Waals surface area contributed by atoms with Gasteiger partial charge in [0.15, 0.2) is 0 Å². The molecule has 1 aromatic rings. The molecule has 1 N–H and O–H groups in total. The van der Waals surface area contributed by atoms with E-state index in [1.54, 1.807) is 12.0 Å². The van der Waals surface area contributed by atoms with Crippen LogP contribution >= 0.6 is 0 Å². The average molecular weight is 264 g/mol. The minimum atomic E-state index is 0.129. The van der Waals surface area contributed by atoms with Gasteiger partial charge in [-0.25, -0.2) is 0 Å². The predicted octanol–water partition coefficient (Wildman–Crippen LogP) is 1.69. The van der Waals surface area contributed by atoms with Crippen LogP contribution in [0.1, 0.15) is 19.4 Å². The quantitative estimate of drug-likeness (QED) is 0.815. The number of likely N-dealkylation sites (N-methyl/N-ethyl adjacent to an activating group) is 1. The van der Waals surface area contributed by atoms with Crippen molar-refractivity contribution in [2.24, 2.45) is 0 Å². The van der Waals surface area contributed by atoms with E-state index in [0.717, 1.165) is 18.7 Å². The number of carbonyl (C=O) groups is 1. The Morgan fingerprint density at radius 2 is 2.00 bits per heavy atom. The second-order valence-electron chi connectivity index (χ2n) is 4.74. The van der Waals surface area contributed by atoms with Gasteiger partial charge in [-0.05, 0) is 38.0 Å². The maximum atomic E-state index is 11.7. The molecule has 19 heavy (non-hydrogen) atoms. The summed E-state index contributed by atoms with van der Waals surface area (Å²) in [6, 6.07) is 8.28. The van der Waals surface area contributed by atoms with Gasteiger partial charge in [-0.3, -0.25) is 4.79 Å². The van der Waals surface area contributed by atoms with Crippen LogP contribution in [-0.4, -0.2) is 44.1 Å². The van der Waals surface area contributed by atoms with Crippen LogP contribution in [0.3, 0.4) is 0 Å². The SMILES string of the molecule is CCN(C)C(=O)CNC(C)Cc1ccc(OC)cc1. The molecular formula is C15H24N2O2. The number of benzene rings is 1. The van der Waals surface area contributed by atoms with E-state index in [4.69, 9.17) is 4.74 Å². The molecule has 1 rings (SSSR count). The van der Waals surface area contributed by atoms with Gasteiger partial charge in [-0.1, -0.05) is 12.1 Å². The summed E-state index contributed by atoms with van der Waals surface area (Å²) in [5.74, 6) is 0.994. The molecule has 4 heteroatoms. The highest BCUT2D eigenvalue weighted by Crippen LogP contribution is 2.12. The molecule has 0 aliphatic heterocycles. The van der Waals surface area contributed by atoms with Crippen molar-refractivity contribution in [3.8, 4) is 5.75 Å². The fourth-order valence-corrected chi connectivity index (χ4v) is 1.76. The molecule has 0 fully saturated rings. The molecule has 4 nitrogen and oxygen atoms in total. The molecule has 0 aliphatic carbocycles. The molecule has 0 aromatic heterocycles. The molecule has 1 unspecified atom stereocenters. The normalized spacial score (nSPS) is 12.0. The number of hydrogen-bond acceptors (Lipinski definition) is 3. The standard InChI is InChI=1S/C15H24N2O2/c1-5-17(3)15(18)11-16-12(2)10-13-6-8-14(19-4)9-7-13/h6-9,12,16H,5,10-11H2,1-4H3. The van der Waals surface area contributed by atoms with Crippen molar-refractivity contribution in [1.82, 2.24) is 10.2 Å². The number of methoxy groups -OCH3 is 1. The smallest absolute Gasteiger partial charge is 0.236 e. The summed E-state index contributed by atoms with van der Waals surface area (Å²) >= 11 is 0. The number of hydrogen-bond donors (Lipinski definition) is 1. The monoisotopic (exact) mass is 264 g/mol. The minimum absolute atomic E-state index is 0.129. The molecule has 0 saturated heterocycles. The second kappa shape index (κ2) is 7.79. The van der Waals surface area contributed by atoms with Crippen molar-refractivity contribution in [3.05, 3.63) is 29.8 Å². The van der Waals surface area contributed by atoms with E-state index in [1.165, 1.54) is 5.56 Å². The molecule has 0 heterocycles. The Bertz CT molecular complexity index is 390. The Morgan fingerprint density at radius 1 is 1.37 bits per heavy atom. The van der Waals surface area contributed by atoms with Crippen LogP contribution in [0.4, 0.5) is 0 Å². The molecule has 0 bridgehead atoms. The minimum Gasteiger partial charge on any atom is -0.497 e. The first-order valence-electron chi connectivity index (χ1n) is 6.67. The summed E-state index contributed by atoms with van der Waals surface area (Å²) < 4.78 is 5.13. The molecule has 1 aromatic carbocycles. The van der Waals surface area contributed by atoms with Gasteiger partial charge in [0.2, 0.25) is 5.91 Å². The van der Waals surface area contributed by atoms with E-state index in [-0.39, 0.29) is 11.9 Å². The van der Waals surface area contributed by atoms with E-state index in [9.17, 15) is 4.79 Å². The molecule has 0 saturated carbocycles. The summed E-state index contributed by atoms with van der Waals surface area (Å²) in [5, 5.41) is 3.25. The highest BCUT2D eigenvalue weighted by Gasteiger charge is 2.09. The van der Waals surface area contributed by atoms with Gasteiger partial charge in [0.05, 0.1) is 13.7 Å². The van der Waals surface area contributed by atoms with Crippen LogP contribution in [0.15, 0.2) is 24.3 Å². The summed E-state index contributed by atoms with van der Waals surface area (Å²) in [6.07, 6.45) is 0.896. The van der Waals surface area contributed by atoms with Crippen molar-refractivity contribution < 1.29 is 9.53 Å². The van der Waals surface area contributed by atoms with Crippen molar-refractivity contribution >= 4 is 5.91 Å². The van der Waals surface area contributed by atoms with E-state index in [2.05, 4.69) is 24.4 Å². The molecular weight excluding hydrogens is 240 g/mol. The molecule has 1 amide bonds. The van der Waals surface area contributed by atoms with Crippen LogP contribution in [0.5, 0.6) is 5.75 Å². The molecule has 0 radical (unpaired) electrons. The number of amides is 1. The van der Waals surface area contributed by atoms with Crippen molar-refractivity contribution in [1.29, 1.82) is 0 Å². The highest BCUT2D eigenvalue weighted by atomic mass is 16.5. The lowest BCUT2D eigenvalue weighted by molar-refractivity contribution is -0.128. The van der Waals surface area contributed by atoms with Gasteiger partial charge >= 0.3 is 0 Å². The third-order valence-electron chi connectivity index (χ3n) is 3.20. The average Bonchev–Trinajstić information content (AvgIpc) is 2.44. The van der Waals surface area contributed by atoms with E-state index >= 15 is 0 Å². The van der Waals surface area contributed by atoms with Gasteiger partial charge in [-0.2, -0.15) is 0 Å². The Labute approximate surface area is 115 Å². The van der Waals surface area contributed by atoms with Crippen LogP contribution in [-0.2, 0) is 11.2 Å². The predicted molar refractivity (Wildman–Crippen MR) is 77.5 cm³/mol. The number of ether oxygens (including phenoxy) is 1. The lowest BCUT2D eigenvalue weighted by atomic mass is 10.1. The fraction of sp³-hybridized carbons (Fsp3) is 0.533. The zero-order chi connectivity index (χ0) is 14.3. The van der Waals surface area contributed by atoms with Gasteiger partial charge in [-0.15, -0.1) is 0 Å². The number of nitrogens with one attached hydrogen (secondary N) is 1. The zero-order valence-electron chi connectivity index (χ0n) is 12.3. The van der Waals surface area contributed by atoms with Crippen LogP contribution < -0.4 is 10.1 Å². The van der Waals surface area contributed by atoms with E-state index in [1.807, 2.05) is 26.1 Å². The van der Waals surface area contributed by atoms with Crippen molar-refractivity contribution in [2.75, 3.05) is 27.2 Å². The van der Waals surface area contributed by atoms with Crippen molar-refractivity contribution in [2.45, 2.75) is 26.3 Å². The van der Waals surface area contributed by atoms with E-state index < -0.39 is 0 Å². The van der Waals surface area contributed by atoms with Gasteiger partial charge in [0.1, 0.15) is 5.75 Å². The second-order valence-corrected chi connectivity index (χ2v) is 4.74. The van der Waals surface area contributed by atoms with Gasteiger partial charge in [0, 0.05) is 19.6 Å². The number of rotatable bonds is 7. The lowest BCUT2D eigenvalue weighted by Crippen LogP contribution is -2.39. The Morgan fingerprint density at radius 3 is 2.53 bits per heavy atom. The molecule has 106 valence electrons. The maximum Gasteiger partial charge on any atom is 0.236 e. The maximum absolute atomic E-state index is 11.7. The Balaban J connectivity index is 2.38. The van der Waals surface area contributed by atoms with Crippen molar-refractivity contribution in [3.63, 3.8) is 0 Å². The largest absolute Gasteiger partial charge is 0.497 e. The summed E-state index contributed by atoms with van der Waals surface area (Å²) in [6.45, 7) is 5.19. The van der Waals surface area contributed by atoms with Crippen LogP contribution in [0.25, 0.3) is 0 Å². The Kier molecular flexibility index (Phi) is 6.36.